The van der Waals surface area contributed by atoms with E-state index in [2.05, 4.69) is 20.8 Å². The molecule has 1 atom stereocenters. The highest BCUT2D eigenvalue weighted by Gasteiger charge is 2.19. The Morgan fingerprint density at radius 2 is 0.375 bits per heavy atom. The van der Waals surface area contributed by atoms with Gasteiger partial charge >= 0.3 is 17.9 Å². The van der Waals surface area contributed by atoms with E-state index in [1.807, 2.05) is 0 Å². The molecular formula is C66H128O6. The fourth-order valence-corrected chi connectivity index (χ4v) is 10.4. The van der Waals surface area contributed by atoms with Gasteiger partial charge in [0.05, 0.1) is 0 Å². The Balaban J connectivity index is 4.05. The highest BCUT2D eigenvalue weighted by atomic mass is 16.6. The Kier molecular flexibility index (Phi) is 60.6. The van der Waals surface area contributed by atoms with Crippen LogP contribution in [0.2, 0.25) is 0 Å². The summed E-state index contributed by atoms with van der Waals surface area (Å²) in [5.74, 6) is -0.831. The molecule has 0 radical (unpaired) electrons. The molecule has 0 aromatic carbocycles. The molecule has 428 valence electrons. The number of rotatable bonds is 62. The predicted octanol–water partition coefficient (Wildman–Crippen LogP) is 22.3. The molecule has 6 nitrogen and oxygen atoms in total. The molecule has 0 amide bonds. The minimum Gasteiger partial charge on any atom is -0.462 e. The maximum atomic E-state index is 12.9. The second kappa shape index (κ2) is 62.0. The number of hydrogen-bond donors (Lipinski definition) is 0. The monoisotopic (exact) mass is 1020 g/mol. The zero-order valence-corrected chi connectivity index (χ0v) is 49.2. The largest absolute Gasteiger partial charge is 0.462 e. The van der Waals surface area contributed by atoms with Crippen molar-refractivity contribution in [3.63, 3.8) is 0 Å². The summed E-state index contributed by atoms with van der Waals surface area (Å²) in [6.07, 6.45) is 71.4. The van der Waals surface area contributed by atoms with E-state index in [4.69, 9.17) is 14.2 Å². The molecule has 72 heavy (non-hydrogen) atoms. The summed E-state index contributed by atoms with van der Waals surface area (Å²) in [5, 5.41) is 0. The summed E-state index contributed by atoms with van der Waals surface area (Å²) in [7, 11) is 0. The molecule has 0 fully saturated rings. The Labute approximate surface area is 450 Å². The molecule has 0 aromatic heterocycles. The lowest BCUT2D eigenvalue weighted by molar-refractivity contribution is -0.167. The van der Waals surface area contributed by atoms with E-state index >= 15 is 0 Å². The van der Waals surface area contributed by atoms with Crippen LogP contribution >= 0.6 is 0 Å². The zero-order chi connectivity index (χ0) is 52.2. The second-order valence-electron chi connectivity index (χ2n) is 22.8. The molecule has 0 rings (SSSR count). The first-order valence-corrected chi connectivity index (χ1v) is 33.0. The lowest BCUT2D eigenvalue weighted by Crippen LogP contribution is -2.30. The summed E-state index contributed by atoms with van der Waals surface area (Å²) in [6.45, 7) is 6.70. The van der Waals surface area contributed by atoms with Crippen molar-refractivity contribution in [2.75, 3.05) is 13.2 Å². The van der Waals surface area contributed by atoms with Gasteiger partial charge in [0.15, 0.2) is 6.10 Å². The van der Waals surface area contributed by atoms with Crippen molar-refractivity contribution >= 4 is 17.9 Å². The summed E-state index contributed by atoms with van der Waals surface area (Å²) < 4.78 is 16.9. The number of esters is 3. The van der Waals surface area contributed by atoms with Crippen LogP contribution in [-0.2, 0) is 28.6 Å². The van der Waals surface area contributed by atoms with Gasteiger partial charge in [-0.25, -0.2) is 0 Å². The van der Waals surface area contributed by atoms with Crippen molar-refractivity contribution in [2.24, 2.45) is 0 Å². The maximum Gasteiger partial charge on any atom is 0.306 e. The minimum atomic E-state index is -0.761. The van der Waals surface area contributed by atoms with Crippen LogP contribution in [0.3, 0.4) is 0 Å². The normalized spacial score (nSPS) is 11.9. The highest BCUT2D eigenvalue weighted by molar-refractivity contribution is 5.71. The third-order valence-electron chi connectivity index (χ3n) is 15.4. The van der Waals surface area contributed by atoms with Crippen molar-refractivity contribution in [3.8, 4) is 0 Å². The number of ether oxygens (including phenoxy) is 3. The Morgan fingerprint density at radius 3 is 0.556 bits per heavy atom. The zero-order valence-electron chi connectivity index (χ0n) is 49.2. The van der Waals surface area contributed by atoms with Crippen LogP contribution in [0.5, 0.6) is 0 Å². The molecule has 0 spiro atoms. The number of unbranched alkanes of at least 4 members (excludes halogenated alkanes) is 51. The van der Waals surface area contributed by atoms with Crippen molar-refractivity contribution < 1.29 is 28.6 Å². The minimum absolute atomic E-state index is 0.0610. The lowest BCUT2D eigenvalue weighted by atomic mass is 10.0. The molecule has 0 bridgehead atoms. The molecule has 0 N–H and O–H groups in total. The van der Waals surface area contributed by atoms with Gasteiger partial charge in [-0.05, 0) is 19.3 Å². The third kappa shape index (κ3) is 59.3. The van der Waals surface area contributed by atoms with E-state index in [-0.39, 0.29) is 31.1 Å². The van der Waals surface area contributed by atoms with E-state index in [0.717, 1.165) is 57.8 Å². The van der Waals surface area contributed by atoms with Gasteiger partial charge in [-0.1, -0.05) is 348 Å². The van der Waals surface area contributed by atoms with Gasteiger partial charge in [-0.3, -0.25) is 14.4 Å². The van der Waals surface area contributed by atoms with Crippen LogP contribution in [-0.4, -0.2) is 37.2 Å². The molecule has 0 aliphatic carbocycles. The fraction of sp³-hybridized carbons (Fsp3) is 0.955. The van der Waals surface area contributed by atoms with Crippen LogP contribution in [0.4, 0.5) is 0 Å². The van der Waals surface area contributed by atoms with Crippen LogP contribution in [0, 0.1) is 0 Å². The maximum absolute atomic E-state index is 12.9. The lowest BCUT2D eigenvalue weighted by Gasteiger charge is -2.18. The molecule has 0 heterocycles. The average molecular weight is 1020 g/mol. The van der Waals surface area contributed by atoms with E-state index in [1.54, 1.807) is 0 Å². The van der Waals surface area contributed by atoms with E-state index in [9.17, 15) is 14.4 Å². The molecule has 0 saturated carbocycles. The Bertz CT molecular complexity index is 1080. The molecule has 0 aliphatic heterocycles. The summed E-state index contributed by atoms with van der Waals surface area (Å²) in [4.78, 5) is 38.2. The molecule has 0 aromatic rings. The van der Waals surface area contributed by atoms with Gasteiger partial charge in [0.2, 0.25) is 0 Å². The van der Waals surface area contributed by atoms with Gasteiger partial charge in [0.25, 0.3) is 0 Å². The third-order valence-corrected chi connectivity index (χ3v) is 15.4. The van der Waals surface area contributed by atoms with E-state index < -0.39 is 6.10 Å². The standard InChI is InChI=1S/C66H128O6/c1-4-7-10-13-16-19-21-23-25-27-28-29-30-31-32-33-34-35-36-37-39-40-42-44-47-50-53-56-59-65(68)71-62-63(61-70-64(67)58-55-52-49-46-18-15-12-9-6-3)72-66(69)60-57-54-51-48-45-43-41-38-26-24-22-20-17-14-11-8-5-2/h63H,4-62H2,1-3H3. The first-order valence-electron chi connectivity index (χ1n) is 33.0. The highest BCUT2D eigenvalue weighted by Crippen LogP contribution is 2.19. The predicted molar refractivity (Wildman–Crippen MR) is 312 cm³/mol. The van der Waals surface area contributed by atoms with Crippen LogP contribution in [0.25, 0.3) is 0 Å². The topological polar surface area (TPSA) is 78.9 Å². The average Bonchev–Trinajstić information content (AvgIpc) is 3.38. The summed E-state index contributed by atoms with van der Waals surface area (Å²) in [5.41, 5.74) is 0. The number of carbonyl (C=O) groups excluding carboxylic acids is 3. The Morgan fingerprint density at radius 1 is 0.222 bits per heavy atom. The van der Waals surface area contributed by atoms with Crippen molar-refractivity contribution in [3.05, 3.63) is 0 Å². The Hall–Kier alpha value is -1.59. The van der Waals surface area contributed by atoms with E-state index in [1.165, 1.54) is 289 Å². The van der Waals surface area contributed by atoms with Crippen LogP contribution in [0.15, 0.2) is 0 Å². The summed E-state index contributed by atoms with van der Waals surface area (Å²) in [6, 6.07) is 0. The van der Waals surface area contributed by atoms with Crippen molar-refractivity contribution in [2.45, 2.75) is 393 Å². The van der Waals surface area contributed by atoms with Gasteiger partial charge in [-0.15, -0.1) is 0 Å². The number of carbonyl (C=O) groups is 3. The molecule has 1 unspecified atom stereocenters. The van der Waals surface area contributed by atoms with Crippen LogP contribution < -0.4 is 0 Å². The van der Waals surface area contributed by atoms with Gasteiger partial charge < -0.3 is 14.2 Å². The first-order chi connectivity index (χ1) is 35.5. The SMILES string of the molecule is CCCCCCCCCCCCCCCCCCCCCCCCCCCCCCC(=O)OCC(COC(=O)CCCCCCCCCCC)OC(=O)CCCCCCCCCCCCCCCCCCC. The van der Waals surface area contributed by atoms with E-state index in [0.29, 0.717) is 19.3 Å². The molecular weight excluding hydrogens is 889 g/mol. The molecule has 0 saturated heterocycles. The molecule has 6 heteroatoms. The van der Waals surface area contributed by atoms with Crippen molar-refractivity contribution in [1.29, 1.82) is 0 Å². The van der Waals surface area contributed by atoms with Crippen molar-refractivity contribution in [1.82, 2.24) is 0 Å². The second-order valence-corrected chi connectivity index (χ2v) is 22.8. The smallest absolute Gasteiger partial charge is 0.306 e. The summed E-state index contributed by atoms with van der Waals surface area (Å²) >= 11 is 0. The fourth-order valence-electron chi connectivity index (χ4n) is 10.4. The molecule has 0 aliphatic rings. The van der Waals surface area contributed by atoms with Gasteiger partial charge in [0, 0.05) is 19.3 Å². The van der Waals surface area contributed by atoms with Gasteiger partial charge in [-0.2, -0.15) is 0 Å². The first kappa shape index (κ1) is 70.4. The number of hydrogen-bond acceptors (Lipinski definition) is 6. The van der Waals surface area contributed by atoms with Crippen LogP contribution in [0.1, 0.15) is 387 Å². The quantitative estimate of drug-likeness (QED) is 0.0343. The van der Waals surface area contributed by atoms with Gasteiger partial charge in [0.1, 0.15) is 13.2 Å².